The van der Waals surface area contributed by atoms with Gasteiger partial charge in [0.15, 0.2) is 4.96 Å². The minimum Gasteiger partial charge on any atom is -0.351 e. The van der Waals surface area contributed by atoms with Crippen LogP contribution in [0.5, 0.6) is 0 Å². The number of carbonyl (C=O) groups is 1. The molecule has 0 aliphatic heterocycles. The minimum absolute atomic E-state index is 0.0233. The van der Waals surface area contributed by atoms with Gasteiger partial charge in [0.25, 0.3) is 11.5 Å². The molecule has 2 aromatic heterocycles. The molecular weight excluding hydrogens is 376 g/mol. The topological polar surface area (TPSA) is 124 Å². The van der Waals surface area contributed by atoms with Gasteiger partial charge in [-0.3, -0.25) is 14.0 Å². The van der Waals surface area contributed by atoms with E-state index in [1.807, 2.05) is 6.92 Å². The molecule has 1 aromatic carbocycles. The summed E-state index contributed by atoms with van der Waals surface area (Å²) in [6, 6.07) is 6.08. The van der Waals surface area contributed by atoms with Crippen LogP contribution in [-0.4, -0.2) is 30.3 Å². The largest absolute Gasteiger partial charge is 0.351 e. The highest BCUT2D eigenvalue weighted by atomic mass is 32.2. The molecule has 136 valence electrons. The van der Waals surface area contributed by atoms with Gasteiger partial charge in [-0.25, -0.2) is 18.5 Å². The van der Waals surface area contributed by atoms with Crippen molar-refractivity contribution < 1.29 is 13.2 Å². The zero-order valence-electron chi connectivity index (χ0n) is 13.8. The molecule has 0 radical (unpaired) electrons. The number of hydrogen-bond donors (Lipinski definition) is 2. The number of aryl methyl sites for hydroxylation is 1. The van der Waals surface area contributed by atoms with E-state index in [1.54, 1.807) is 18.3 Å². The lowest BCUT2D eigenvalue weighted by Crippen LogP contribution is -2.32. The molecule has 10 heteroatoms. The van der Waals surface area contributed by atoms with Gasteiger partial charge in [0.05, 0.1) is 4.90 Å². The van der Waals surface area contributed by atoms with E-state index in [-0.39, 0.29) is 10.5 Å². The lowest BCUT2D eigenvalue weighted by molar-refractivity contribution is 0.0952. The maximum absolute atomic E-state index is 12.3. The van der Waals surface area contributed by atoms with Gasteiger partial charge < -0.3 is 5.32 Å². The number of aromatic nitrogens is 2. The summed E-state index contributed by atoms with van der Waals surface area (Å²) in [4.78, 5) is 30.2. The van der Waals surface area contributed by atoms with E-state index in [4.69, 9.17) is 5.14 Å². The smallest absolute Gasteiger partial charge is 0.271 e. The molecule has 0 spiro atoms. The molecular formula is C16H16N4O4S2. The average Bonchev–Trinajstić information content (AvgIpc) is 2.96. The fourth-order valence-corrected chi connectivity index (χ4v) is 3.71. The average molecular weight is 392 g/mol. The molecule has 0 aliphatic rings. The Balaban J connectivity index is 1.66. The maximum Gasteiger partial charge on any atom is 0.271 e. The van der Waals surface area contributed by atoms with E-state index in [1.165, 1.54) is 34.1 Å². The van der Waals surface area contributed by atoms with Crippen molar-refractivity contribution in [3.05, 3.63) is 63.0 Å². The number of primary sulfonamides is 1. The van der Waals surface area contributed by atoms with Crippen LogP contribution in [0.1, 0.15) is 20.8 Å². The highest BCUT2D eigenvalue weighted by Crippen LogP contribution is 2.12. The van der Waals surface area contributed by atoms with Crippen LogP contribution in [0.3, 0.4) is 0 Å². The first kappa shape index (κ1) is 18.2. The zero-order chi connectivity index (χ0) is 18.9. The van der Waals surface area contributed by atoms with Crippen LogP contribution in [0.15, 0.2) is 46.3 Å². The molecule has 3 rings (SSSR count). The number of thiazole rings is 1. The van der Waals surface area contributed by atoms with Gasteiger partial charge in [0, 0.05) is 23.8 Å². The second-order valence-corrected chi connectivity index (χ2v) is 8.44. The first-order chi connectivity index (χ1) is 12.3. The summed E-state index contributed by atoms with van der Waals surface area (Å²) < 4.78 is 23.8. The van der Waals surface area contributed by atoms with Crippen LogP contribution in [0, 0.1) is 6.92 Å². The molecule has 0 saturated heterocycles. The van der Waals surface area contributed by atoms with E-state index in [9.17, 15) is 18.0 Å². The number of nitrogens with one attached hydrogen (secondary N) is 1. The highest BCUT2D eigenvalue weighted by molar-refractivity contribution is 7.89. The first-order valence-electron chi connectivity index (χ1n) is 7.63. The molecule has 26 heavy (non-hydrogen) atoms. The third-order valence-corrected chi connectivity index (χ3v) is 5.56. The molecule has 2 heterocycles. The molecule has 0 atom stereocenters. The monoisotopic (exact) mass is 392 g/mol. The normalized spacial score (nSPS) is 11.6. The molecule has 0 aliphatic carbocycles. The van der Waals surface area contributed by atoms with Crippen LogP contribution >= 0.6 is 11.3 Å². The van der Waals surface area contributed by atoms with E-state index in [0.29, 0.717) is 17.9 Å². The Kier molecular flexibility index (Phi) is 4.90. The van der Waals surface area contributed by atoms with Crippen molar-refractivity contribution in [1.82, 2.24) is 14.7 Å². The second kappa shape index (κ2) is 6.98. The standard InChI is InChI=1S/C16H16N4O4S2/c1-10-9-20-15(22)13(8-19-16(20)25-10)14(21)18-7-6-11-2-4-12(5-3-11)26(17,23)24/h2-5,8-9H,6-7H2,1H3,(H,18,21)(H2,17,23,24). The van der Waals surface area contributed by atoms with Crippen molar-refractivity contribution in [2.24, 2.45) is 5.14 Å². The first-order valence-corrected chi connectivity index (χ1v) is 10.00. The number of hydrogen-bond acceptors (Lipinski definition) is 6. The van der Waals surface area contributed by atoms with Crippen molar-refractivity contribution in [2.45, 2.75) is 18.2 Å². The summed E-state index contributed by atoms with van der Waals surface area (Å²) in [5.74, 6) is -0.498. The number of sulfonamides is 1. The van der Waals surface area contributed by atoms with Crippen LogP contribution in [0.25, 0.3) is 4.96 Å². The zero-order valence-corrected chi connectivity index (χ0v) is 15.4. The van der Waals surface area contributed by atoms with Crippen molar-refractivity contribution in [1.29, 1.82) is 0 Å². The molecule has 0 fully saturated rings. The second-order valence-electron chi connectivity index (χ2n) is 5.67. The quantitative estimate of drug-likeness (QED) is 0.661. The molecule has 0 unspecified atom stereocenters. The van der Waals surface area contributed by atoms with E-state index in [0.717, 1.165) is 10.4 Å². The lowest BCUT2D eigenvalue weighted by Gasteiger charge is -2.06. The fraction of sp³-hybridized carbons (Fsp3) is 0.188. The number of rotatable bonds is 5. The predicted octanol–water partition coefficient (Wildman–Crippen LogP) is 0.684. The van der Waals surface area contributed by atoms with Gasteiger partial charge in [-0.1, -0.05) is 12.1 Å². The fourth-order valence-electron chi connectivity index (χ4n) is 2.41. The number of carbonyl (C=O) groups excluding carboxylic acids is 1. The number of benzene rings is 1. The molecule has 0 bridgehead atoms. The minimum atomic E-state index is -3.72. The van der Waals surface area contributed by atoms with Gasteiger partial charge >= 0.3 is 0 Å². The van der Waals surface area contributed by atoms with E-state index < -0.39 is 21.5 Å². The predicted molar refractivity (Wildman–Crippen MR) is 97.9 cm³/mol. The maximum atomic E-state index is 12.3. The molecule has 0 saturated carbocycles. The van der Waals surface area contributed by atoms with Gasteiger partial charge in [-0.15, -0.1) is 11.3 Å². The third-order valence-electron chi connectivity index (χ3n) is 3.72. The van der Waals surface area contributed by atoms with E-state index in [2.05, 4.69) is 10.3 Å². The highest BCUT2D eigenvalue weighted by Gasteiger charge is 2.14. The number of fused-ring (bicyclic) bond motifs is 1. The number of nitrogens with two attached hydrogens (primary N) is 1. The summed E-state index contributed by atoms with van der Waals surface area (Å²) in [6.07, 6.45) is 3.41. The van der Waals surface area contributed by atoms with Crippen LogP contribution in [0.2, 0.25) is 0 Å². The summed E-state index contributed by atoms with van der Waals surface area (Å²) in [7, 11) is -3.72. The van der Waals surface area contributed by atoms with E-state index >= 15 is 0 Å². The van der Waals surface area contributed by atoms with Gasteiger partial charge in [0.1, 0.15) is 5.56 Å². The van der Waals surface area contributed by atoms with Crippen molar-refractivity contribution in [3.8, 4) is 0 Å². The summed E-state index contributed by atoms with van der Waals surface area (Å²) in [5, 5.41) is 7.72. The SMILES string of the molecule is Cc1cn2c(=O)c(C(=O)NCCc3ccc(S(N)(=O)=O)cc3)cnc2s1. The Labute approximate surface area is 153 Å². The van der Waals surface area contributed by atoms with Crippen molar-refractivity contribution >= 4 is 32.2 Å². The Morgan fingerprint density at radius 2 is 2.00 bits per heavy atom. The van der Waals surface area contributed by atoms with Crippen LogP contribution in [-0.2, 0) is 16.4 Å². The number of amides is 1. The molecule has 1 amide bonds. The van der Waals surface area contributed by atoms with Crippen molar-refractivity contribution in [3.63, 3.8) is 0 Å². The van der Waals surface area contributed by atoms with Crippen molar-refractivity contribution in [2.75, 3.05) is 6.54 Å². The molecule has 8 nitrogen and oxygen atoms in total. The Bertz CT molecular complexity index is 1130. The summed E-state index contributed by atoms with van der Waals surface area (Å²) in [6.45, 7) is 2.15. The van der Waals surface area contributed by atoms with Crippen LogP contribution < -0.4 is 16.0 Å². The lowest BCUT2D eigenvalue weighted by atomic mass is 10.1. The Morgan fingerprint density at radius 1 is 1.31 bits per heavy atom. The summed E-state index contributed by atoms with van der Waals surface area (Å²) >= 11 is 1.37. The van der Waals surface area contributed by atoms with Gasteiger partial charge in [-0.2, -0.15) is 0 Å². The summed E-state index contributed by atoms with van der Waals surface area (Å²) in [5.41, 5.74) is 0.399. The van der Waals surface area contributed by atoms with Crippen LogP contribution in [0.4, 0.5) is 0 Å². The Morgan fingerprint density at radius 3 is 2.65 bits per heavy atom. The third kappa shape index (κ3) is 3.82. The Hall–Kier alpha value is -2.56. The number of nitrogens with zero attached hydrogens (tertiary/aromatic N) is 2. The van der Waals surface area contributed by atoms with Gasteiger partial charge in [0.2, 0.25) is 10.0 Å². The van der Waals surface area contributed by atoms with Gasteiger partial charge in [-0.05, 0) is 31.0 Å². The molecule has 3 aromatic rings. The molecule has 3 N–H and O–H groups in total.